The number of amides is 6. The Morgan fingerprint density at radius 1 is 0.833 bits per heavy atom. The number of alkyl halides is 6. The van der Waals surface area contributed by atoms with Crippen LogP contribution < -0.4 is 0 Å². The van der Waals surface area contributed by atoms with Crippen molar-refractivity contribution < 1.29 is 55.4 Å². The molecule has 3 fully saturated rings. The van der Waals surface area contributed by atoms with Gasteiger partial charge in [0.1, 0.15) is 13.1 Å². The monoisotopic (exact) mass is 446 g/mol. The van der Waals surface area contributed by atoms with E-state index in [1.165, 1.54) is 0 Å². The molecule has 10 nitrogen and oxygen atoms in total. The van der Waals surface area contributed by atoms with E-state index in [4.69, 9.17) is 0 Å². The van der Waals surface area contributed by atoms with E-state index in [1.807, 2.05) is 0 Å². The molecular weight excluding hydrogens is 434 g/mol. The van der Waals surface area contributed by atoms with E-state index in [2.05, 4.69) is 0 Å². The van der Waals surface area contributed by atoms with Gasteiger partial charge in [0.15, 0.2) is 0 Å². The van der Waals surface area contributed by atoms with Gasteiger partial charge in [0.2, 0.25) is 5.66 Å². The number of aliphatic carboxylic acids is 1. The molecule has 0 aromatic heterocycles. The van der Waals surface area contributed by atoms with Gasteiger partial charge in [0.05, 0.1) is 0 Å². The molecule has 16 heteroatoms. The van der Waals surface area contributed by atoms with E-state index in [-0.39, 0.29) is 12.8 Å². The smallest absolute Gasteiger partial charge is 0.478 e. The number of carboxylic acid groups (broad SMARTS) is 1. The minimum Gasteiger partial charge on any atom is -0.478 e. The molecule has 0 aromatic carbocycles. The third-order valence-corrected chi connectivity index (χ3v) is 4.89. The molecule has 0 radical (unpaired) electrons. The SMILES string of the molecule is O=C1CN(C(F)(F)F)C(=O)N1C(CC1CC1)(C(=O)O)N1C(=O)CN(C(F)(F)F)C1=O. The Morgan fingerprint density at radius 2 is 1.20 bits per heavy atom. The first kappa shape index (κ1) is 21.6. The van der Waals surface area contributed by atoms with Crippen molar-refractivity contribution in [2.75, 3.05) is 13.1 Å². The summed E-state index contributed by atoms with van der Waals surface area (Å²) >= 11 is 0. The standard InChI is InChI=1S/C14H12F6N4O6/c15-13(16,17)21-4-7(25)23(10(21)29)12(9(27)28,3-6-1-2-6)24-8(26)5-22(11(24)30)14(18,19)20/h6H,1-5H2,(H,27,28). The number of nitrogens with zero attached hydrogens (tertiary/aromatic N) is 4. The molecule has 3 aliphatic rings. The highest BCUT2D eigenvalue weighted by Gasteiger charge is 2.68. The summed E-state index contributed by atoms with van der Waals surface area (Å²) in [6.45, 7) is -3.30. The number of carbonyl (C=O) groups excluding carboxylic acids is 4. The van der Waals surface area contributed by atoms with E-state index in [1.54, 1.807) is 0 Å². The second-order valence-corrected chi connectivity index (χ2v) is 6.90. The molecule has 0 atom stereocenters. The molecular formula is C14H12F6N4O6. The van der Waals surface area contributed by atoms with Crippen molar-refractivity contribution in [3.8, 4) is 0 Å². The van der Waals surface area contributed by atoms with Gasteiger partial charge in [-0.25, -0.2) is 34.0 Å². The van der Waals surface area contributed by atoms with Crippen LogP contribution in [-0.4, -0.2) is 85.9 Å². The van der Waals surface area contributed by atoms with Crippen LogP contribution in [0, 0.1) is 5.92 Å². The van der Waals surface area contributed by atoms with Crippen LogP contribution in [0.3, 0.4) is 0 Å². The predicted molar refractivity (Wildman–Crippen MR) is 77.7 cm³/mol. The summed E-state index contributed by atoms with van der Waals surface area (Å²) in [7, 11) is 0. The second kappa shape index (κ2) is 6.46. The van der Waals surface area contributed by atoms with Gasteiger partial charge in [-0.05, 0) is 5.92 Å². The van der Waals surface area contributed by atoms with Crippen molar-refractivity contribution in [2.24, 2.45) is 5.92 Å². The molecule has 6 amide bonds. The predicted octanol–water partition coefficient (Wildman–Crippen LogP) is 1.14. The maximum Gasteiger partial charge on any atom is 0.489 e. The minimum atomic E-state index is -5.41. The molecule has 0 unspecified atom stereocenters. The Kier molecular flexibility index (Phi) is 4.66. The van der Waals surface area contributed by atoms with Crippen LogP contribution in [0.15, 0.2) is 0 Å². The first-order valence-corrected chi connectivity index (χ1v) is 8.28. The van der Waals surface area contributed by atoms with E-state index >= 15 is 0 Å². The number of carboxylic acids is 1. The zero-order chi connectivity index (χ0) is 22.8. The fourth-order valence-electron chi connectivity index (χ4n) is 3.41. The quantitative estimate of drug-likeness (QED) is 0.384. The van der Waals surface area contributed by atoms with Gasteiger partial charge in [-0.2, -0.15) is 0 Å². The minimum absolute atomic E-state index is 0.271. The summed E-state index contributed by atoms with van der Waals surface area (Å²) in [6, 6.07) is -4.41. The molecule has 166 valence electrons. The normalized spacial score (nSPS) is 21.4. The Hall–Kier alpha value is -3.07. The van der Waals surface area contributed by atoms with Crippen molar-refractivity contribution in [1.29, 1.82) is 0 Å². The third kappa shape index (κ3) is 3.19. The number of rotatable bonds is 5. The summed E-state index contributed by atoms with van der Waals surface area (Å²) in [6.07, 6.45) is -11.2. The van der Waals surface area contributed by atoms with Crippen molar-refractivity contribution in [3.63, 3.8) is 0 Å². The lowest BCUT2D eigenvalue weighted by atomic mass is 9.98. The van der Waals surface area contributed by atoms with Crippen LogP contribution >= 0.6 is 0 Å². The van der Waals surface area contributed by atoms with Crippen molar-refractivity contribution in [2.45, 2.75) is 37.5 Å². The van der Waals surface area contributed by atoms with Gasteiger partial charge >= 0.3 is 30.6 Å². The Balaban J connectivity index is 2.15. The summed E-state index contributed by atoms with van der Waals surface area (Å²) in [5.74, 6) is -6.40. The van der Waals surface area contributed by atoms with E-state index in [0.29, 0.717) is 0 Å². The molecule has 0 aromatic rings. The lowest BCUT2D eigenvalue weighted by Crippen LogP contribution is -2.69. The Labute approximate surface area is 162 Å². The molecule has 1 aliphatic carbocycles. The van der Waals surface area contributed by atoms with Crippen LogP contribution in [0.25, 0.3) is 0 Å². The average Bonchev–Trinajstić information content (AvgIpc) is 3.25. The average molecular weight is 446 g/mol. The second-order valence-electron chi connectivity index (χ2n) is 6.90. The number of hydrogen-bond donors (Lipinski definition) is 1. The van der Waals surface area contributed by atoms with Crippen molar-refractivity contribution >= 4 is 29.8 Å². The van der Waals surface area contributed by atoms with Crippen molar-refractivity contribution in [1.82, 2.24) is 19.6 Å². The summed E-state index contributed by atoms with van der Waals surface area (Å²) in [5.41, 5.74) is -3.37. The summed E-state index contributed by atoms with van der Waals surface area (Å²) < 4.78 is 78.3. The van der Waals surface area contributed by atoms with E-state index in [0.717, 1.165) is 0 Å². The maximum absolute atomic E-state index is 13.0. The molecule has 1 N–H and O–H groups in total. The first-order chi connectivity index (χ1) is 13.6. The first-order valence-electron chi connectivity index (χ1n) is 8.28. The highest BCUT2D eigenvalue weighted by Crippen LogP contribution is 2.45. The number of urea groups is 2. The molecule has 2 aliphatic heterocycles. The fraction of sp³-hybridized carbons (Fsp3) is 0.643. The van der Waals surface area contributed by atoms with Crippen LogP contribution in [0.2, 0.25) is 0 Å². The Morgan fingerprint density at radius 3 is 1.43 bits per heavy atom. The summed E-state index contributed by atoms with van der Waals surface area (Å²) in [4.78, 5) is 58.5. The van der Waals surface area contributed by atoms with Crippen LogP contribution in [0.1, 0.15) is 19.3 Å². The molecule has 0 bridgehead atoms. The molecule has 0 spiro atoms. The highest BCUT2D eigenvalue weighted by molar-refractivity contribution is 6.11. The zero-order valence-electron chi connectivity index (χ0n) is 14.7. The number of imide groups is 2. The molecule has 2 heterocycles. The van der Waals surface area contributed by atoms with E-state index in [9.17, 15) is 55.4 Å². The van der Waals surface area contributed by atoms with Gasteiger partial charge in [-0.15, -0.1) is 26.3 Å². The largest absolute Gasteiger partial charge is 0.489 e. The Bertz CT molecular complexity index is 786. The van der Waals surface area contributed by atoms with E-state index < -0.39 is 93.1 Å². The lowest BCUT2D eigenvalue weighted by Gasteiger charge is -2.41. The van der Waals surface area contributed by atoms with Gasteiger partial charge in [-0.1, -0.05) is 12.8 Å². The van der Waals surface area contributed by atoms with Crippen LogP contribution in [0.4, 0.5) is 35.9 Å². The van der Waals surface area contributed by atoms with Crippen LogP contribution in [-0.2, 0) is 14.4 Å². The molecule has 3 rings (SSSR count). The number of carbonyl (C=O) groups is 5. The topological polar surface area (TPSA) is 119 Å². The van der Waals surface area contributed by atoms with Crippen molar-refractivity contribution in [3.05, 3.63) is 0 Å². The van der Waals surface area contributed by atoms with Crippen LogP contribution in [0.5, 0.6) is 0 Å². The third-order valence-electron chi connectivity index (χ3n) is 4.89. The van der Waals surface area contributed by atoms with Gasteiger partial charge < -0.3 is 5.11 Å². The number of hydrogen-bond acceptors (Lipinski definition) is 5. The fourth-order valence-corrected chi connectivity index (χ4v) is 3.41. The van der Waals surface area contributed by atoms with Gasteiger partial charge in [-0.3, -0.25) is 9.59 Å². The summed E-state index contributed by atoms with van der Waals surface area (Å²) in [5, 5.41) is 9.78. The zero-order valence-corrected chi connectivity index (χ0v) is 14.7. The van der Waals surface area contributed by atoms with Gasteiger partial charge in [0, 0.05) is 6.42 Å². The maximum atomic E-state index is 13.0. The van der Waals surface area contributed by atoms with Gasteiger partial charge in [0.25, 0.3) is 11.8 Å². The molecule has 1 saturated carbocycles. The molecule has 2 saturated heterocycles. The lowest BCUT2D eigenvalue weighted by molar-refractivity contribution is -0.219. The molecule has 30 heavy (non-hydrogen) atoms. The number of halogens is 6. The highest BCUT2D eigenvalue weighted by atomic mass is 19.4.